The maximum Gasteiger partial charge on any atom is 0.220 e. The fourth-order valence-corrected chi connectivity index (χ4v) is 1.53. The summed E-state index contributed by atoms with van der Waals surface area (Å²) in [6.45, 7) is 4.90. The summed E-state index contributed by atoms with van der Waals surface area (Å²) in [5, 5.41) is 6.18. The van der Waals surface area contributed by atoms with Gasteiger partial charge in [-0.15, -0.1) is 0 Å². The molecular formula is C11H22N2O3. The SMILES string of the molecule is COC(C)CCC(=O)NCC1COCCN1. The van der Waals surface area contributed by atoms with Crippen LogP contribution in [0.2, 0.25) is 0 Å². The van der Waals surface area contributed by atoms with E-state index in [-0.39, 0.29) is 18.1 Å². The molecule has 0 bridgehead atoms. The van der Waals surface area contributed by atoms with Crippen LogP contribution in [0.3, 0.4) is 0 Å². The maximum atomic E-state index is 11.5. The van der Waals surface area contributed by atoms with Gasteiger partial charge in [-0.1, -0.05) is 0 Å². The largest absolute Gasteiger partial charge is 0.382 e. The Morgan fingerprint density at radius 1 is 1.69 bits per heavy atom. The number of morpholine rings is 1. The molecule has 94 valence electrons. The first-order chi connectivity index (χ1) is 7.72. The van der Waals surface area contributed by atoms with Crippen LogP contribution >= 0.6 is 0 Å². The smallest absolute Gasteiger partial charge is 0.220 e. The van der Waals surface area contributed by atoms with Crippen LogP contribution in [-0.4, -0.2) is 51.5 Å². The van der Waals surface area contributed by atoms with Crippen LogP contribution in [0.15, 0.2) is 0 Å². The summed E-state index contributed by atoms with van der Waals surface area (Å²) in [5.41, 5.74) is 0. The van der Waals surface area contributed by atoms with Crippen molar-refractivity contribution in [3.05, 3.63) is 0 Å². The lowest BCUT2D eigenvalue weighted by Crippen LogP contribution is -2.48. The summed E-state index contributed by atoms with van der Waals surface area (Å²) in [6, 6.07) is 0.248. The van der Waals surface area contributed by atoms with E-state index in [2.05, 4.69) is 10.6 Å². The Bertz CT molecular complexity index is 205. The highest BCUT2D eigenvalue weighted by Crippen LogP contribution is 1.99. The number of methoxy groups -OCH3 is 1. The Morgan fingerprint density at radius 3 is 3.12 bits per heavy atom. The van der Waals surface area contributed by atoms with Crippen LogP contribution in [0.5, 0.6) is 0 Å². The van der Waals surface area contributed by atoms with Gasteiger partial charge < -0.3 is 20.1 Å². The molecule has 1 aliphatic heterocycles. The molecule has 0 saturated carbocycles. The van der Waals surface area contributed by atoms with Gasteiger partial charge in [-0.05, 0) is 13.3 Å². The van der Waals surface area contributed by atoms with Crippen LogP contribution < -0.4 is 10.6 Å². The van der Waals surface area contributed by atoms with Crippen molar-refractivity contribution >= 4 is 5.91 Å². The van der Waals surface area contributed by atoms with Crippen LogP contribution in [-0.2, 0) is 14.3 Å². The Morgan fingerprint density at radius 2 is 2.50 bits per heavy atom. The molecule has 2 N–H and O–H groups in total. The van der Waals surface area contributed by atoms with Crippen molar-refractivity contribution in [2.45, 2.75) is 31.9 Å². The first-order valence-corrected chi connectivity index (χ1v) is 5.83. The van der Waals surface area contributed by atoms with E-state index in [1.807, 2.05) is 6.92 Å². The monoisotopic (exact) mass is 230 g/mol. The quantitative estimate of drug-likeness (QED) is 0.669. The van der Waals surface area contributed by atoms with E-state index in [4.69, 9.17) is 9.47 Å². The Kier molecular flexibility index (Phi) is 6.37. The van der Waals surface area contributed by atoms with Crippen molar-refractivity contribution in [2.24, 2.45) is 0 Å². The van der Waals surface area contributed by atoms with Gasteiger partial charge in [-0.3, -0.25) is 4.79 Å². The molecule has 1 rings (SSSR count). The molecule has 0 spiro atoms. The molecule has 0 aliphatic carbocycles. The Labute approximate surface area is 96.9 Å². The number of ether oxygens (including phenoxy) is 2. The minimum Gasteiger partial charge on any atom is -0.382 e. The zero-order valence-electron chi connectivity index (χ0n) is 10.1. The maximum absolute atomic E-state index is 11.5. The predicted molar refractivity (Wildman–Crippen MR) is 61.3 cm³/mol. The lowest BCUT2D eigenvalue weighted by atomic mass is 10.2. The van der Waals surface area contributed by atoms with Crippen molar-refractivity contribution in [3.8, 4) is 0 Å². The number of hydrogen-bond acceptors (Lipinski definition) is 4. The van der Waals surface area contributed by atoms with Gasteiger partial charge in [0.25, 0.3) is 0 Å². The minimum atomic E-state index is 0.0799. The third-order valence-electron chi connectivity index (χ3n) is 2.72. The highest BCUT2D eigenvalue weighted by atomic mass is 16.5. The van der Waals surface area contributed by atoms with E-state index in [0.717, 1.165) is 19.6 Å². The number of carbonyl (C=O) groups excluding carboxylic acids is 1. The molecule has 1 amide bonds. The van der Waals surface area contributed by atoms with Crippen molar-refractivity contribution in [3.63, 3.8) is 0 Å². The third-order valence-corrected chi connectivity index (χ3v) is 2.72. The molecule has 5 heteroatoms. The summed E-state index contributed by atoms with van der Waals surface area (Å²) in [5.74, 6) is 0.0799. The van der Waals surface area contributed by atoms with Crippen LogP contribution in [0, 0.1) is 0 Å². The molecule has 1 heterocycles. The molecule has 1 fully saturated rings. The highest BCUT2D eigenvalue weighted by Gasteiger charge is 2.13. The lowest BCUT2D eigenvalue weighted by Gasteiger charge is -2.24. The topological polar surface area (TPSA) is 59.6 Å². The average Bonchev–Trinajstić information content (AvgIpc) is 2.34. The fourth-order valence-electron chi connectivity index (χ4n) is 1.53. The molecular weight excluding hydrogens is 208 g/mol. The van der Waals surface area contributed by atoms with Crippen LogP contribution in [0.1, 0.15) is 19.8 Å². The zero-order chi connectivity index (χ0) is 11.8. The molecule has 0 aromatic heterocycles. The van der Waals surface area contributed by atoms with Gasteiger partial charge in [0, 0.05) is 32.7 Å². The van der Waals surface area contributed by atoms with Gasteiger partial charge in [0.2, 0.25) is 5.91 Å². The van der Waals surface area contributed by atoms with Crippen molar-refractivity contribution in [2.75, 3.05) is 33.4 Å². The third kappa shape index (κ3) is 5.44. The standard InChI is InChI=1S/C11H22N2O3/c1-9(15-2)3-4-11(14)13-7-10-8-16-6-5-12-10/h9-10,12H,3-8H2,1-2H3,(H,13,14). The van der Waals surface area contributed by atoms with Gasteiger partial charge >= 0.3 is 0 Å². The number of hydrogen-bond donors (Lipinski definition) is 2. The number of carbonyl (C=O) groups is 1. The van der Waals surface area contributed by atoms with Gasteiger partial charge in [0.15, 0.2) is 0 Å². The van der Waals surface area contributed by atoms with Crippen LogP contribution in [0.4, 0.5) is 0 Å². The predicted octanol–water partition coefficient (Wildman–Crippen LogP) is -0.0939. The summed E-state index contributed by atoms with van der Waals surface area (Å²) < 4.78 is 10.4. The summed E-state index contributed by atoms with van der Waals surface area (Å²) in [4.78, 5) is 11.5. The molecule has 5 nitrogen and oxygen atoms in total. The van der Waals surface area contributed by atoms with Gasteiger partial charge in [0.05, 0.1) is 19.3 Å². The molecule has 1 saturated heterocycles. The van der Waals surface area contributed by atoms with E-state index in [0.29, 0.717) is 19.6 Å². The molecule has 1 aliphatic rings. The second-order valence-corrected chi connectivity index (χ2v) is 4.12. The molecule has 16 heavy (non-hydrogen) atoms. The van der Waals surface area contributed by atoms with Crippen molar-refractivity contribution in [1.82, 2.24) is 10.6 Å². The Hall–Kier alpha value is -0.650. The van der Waals surface area contributed by atoms with Crippen molar-refractivity contribution < 1.29 is 14.3 Å². The molecule has 0 radical (unpaired) electrons. The lowest BCUT2D eigenvalue weighted by molar-refractivity contribution is -0.121. The van der Waals surface area contributed by atoms with E-state index in [9.17, 15) is 4.79 Å². The molecule has 0 aromatic carbocycles. The van der Waals surface area contributed by atoms with Crippen molar-refractivity contribution in [1.29, 1.82) is 0 Å². The molecule has 0 aromatic rings. The second-order valence-electron chi connectivity index (χ2n) is 4.12. The van der Waals surface area contributed by atoms with E-state index >= 15 is 0 Å². The first kappa shape index (κ1) is 13.4. The normalized spacial score (nSPS) is 22.8. The molecule has 2 unspecified atom stereocenters. The van der Waals surface area contributed by atoms with Gasteiger partial charge in [-0.25, -0.2) is 0 Å². The van der Waals surface area contributed by atoms with Crippen LogP contribution in [0.25, 0.3) is 0 Å². The number of amides is 1. The first-order valence-electron chi connectivity index (χ1n) is 5.83. The van der Waals surface area contributed by atoms with E-state index < -0.39 is 0 Å². The van der Waals surface area contributed by atoms with Gasteiger partial charge in [-0.2, -0.15) is 0 Å². The minimum absolute atomic E-state index is 0.0799. The summed E-state index contributed by atoms with van der Waals surface area (Å²) >= 11 is 0. The number of nitrogens with one attached hydrogen (secondary N) is 2. The average molecular weight is 230 g/mol. The summed E-state index contributed by atoms with van der Waals surface area (Å²) in [6.07, 6.45) is 1.42. The summed E-state index contributed by atoms with van der Waals surface area (Å²) in [7, 11) is 1.66. The second kappa shape index (κ2) is 7.60. The van der Waals surface area contributed by atoms with E-state index in [1.54, 1.807) is 7.11 Å². The zero-order valence-corrected chi connectivity index (χ0v) is 10.1. The van der Waals surface area contributed by atoms with E-state index in [1.165, 1.54) is 0 Å². The fraction of sp³-hybridized carbons (Fsp3) is 0.909. The highest BCUT2D eigenvalue weighted by molar-refractivity contribution is 5.75. The number of rotatable bonds is 6. The van der Waals surface area contributed by atoms with Gasteiger partial charge in [0.1, 0.15) is 0 Å². The Balaban J connectivity index is 2.05. The molecule has 2 atom stereocenters.